The summed E-state index contributed by atoms with van der Waals surface area (Å²) in [4.78, 5) is 48.1. The molecule has 2 aromatic heterocycles. The molecule has 182 valence electrons. The van der Waals surface area contributed by atoms with Gasteiger partial charge in [0.05, 0.1) is 36.7 Å². The number of carbonyl (C=O) groups excluding carboxylic acids is 2. The highest BCUT2D eigenvalue weighted by molar-refractivity contribution is 6.09. The van der Waals surface area contributed by atoms with Gasteiger partial charge in [-0.2, -0.15) is 0 Å². The lowest BCUT2D eigenvalue weighted by molar-refractivity contribution is -0.130. The van der Waals surface area contributed by atoms with Crippen LogP contribution in [0.15, 0.2) is 96.4 Å². The zero-order valence-electron chi connectivity index (χ0n) is 19.9. The number of benzene rings is 2. The molecule has 4 aromatic rings. The van der Waals surface area contributed by atoms with Crippen LogP contribution in [0.5, 0.6) is 0 Å². The predicted molar refractivity (Wildman–Crippen MR) is 136 cm³/mol. The van der Waals surface area contributed by atoms with E-state index in [0.29, 0.717) is 24.3 Å². The smallest absolute Gasteiger partial charge is 0.266 e. The summed E-state index contributed by atoms with van der Waals surface area (Å²) in [7, 11) is 0. The van der Waals surface area contributed by atoms with Crippen LogP contribution in [-0.4, -0.2) is 42.5 Å². The van der Waals surface area contributed by atoms with Crippen molar-refractivity contribution in [2.75, 3.05) is 0 Å². The van der Waals surface area contributed by atoms with Gasteiger partial charge in [0, 0.05) is 24.2 Å². The molecule has 2 N–H and O–H groups in total. The number of nitrogens with zero attached hydrogens (tertiary/aromatic N) is 6. The Hall–Kier alpha value is -4.92. The van der Waals surface area contributed by atoms with Gasteiger partial charge >= 0.3 is 0 Å². The maximum absolute atomic E-state index is 14.0. The Morgan fingerprint density at radius 1 is 0.838 bits per heavy atom. The summed E-state index contributed by atoms with van der Waals surface area (Å²) in [6.07, 6.45) is 4.82. The van der Waals surface area contributed by atoms with Crippen LogP contribution in [0.25, 0.3) is 0 Å². The number of aliphatic imine (C=N–C) groups is 1. The van der Waals surface area contributed by atoms with Crippen LogP contribution in [0.1, 0.15) is 38.6 Å². The van der Waals surface area contributed by atoms with E-state index in [0.717, 1.165) is 22.5 Å². The average molecular weight is 490 g/mol. The lowest BCUT2D eigenvalue weighted by Gasteiger charge is -2.27. The molecular formula is C28H23N7O2. The molecule has 0 spiro atoms. The number of rotatable bonds is 5. The summed E-state index contributed by atoms with van der Waals surface area (Å²) in [6, 6.07) is 22.1. The summed E-state index contributed by atoms with van der Waals surface area (Å²) in [5.74, 6) is -0.322. The molecular weight excluding hydrogens is 466 g/mol. The van der Waals surface area contributed by atoms with Crippen LogP contribution in [0.3, 0.4) is 0 Å². The number of hydrogen-bond acceptors (Lipinski definition) is 7. The third-order valence-corrected chi connectivity index (χ3v) is 6.71. The molecule has 4 heterocycles. The van der Waals surface area contributed by atoms with E-state index < -0.39 is 5.54 Å². The molecule has 2 amide bonds. The summed E-state index contributed by atoms with van der Waals surface area (Å²) in [5, 5.41) is 0. The maximum Gasteiger partial charge on any atom is 0.266 e. The topological polar surface area (TPSA) is 118 Å². The van der Waals surface area contributed by atoms with E-state index in [1.165, 1.54) is 4.90 Å². The van der Waals surface area contributed by atoms with Crippen molar-refractivity contribution in [2.45, 2.75) is 25.2 Å². The van der Waals surface area contributed by atoms with Crippen molar-refractivity contribution in [3.63, 3.8) is 0 Å². The standard InChI is InChI=1S/C28H23N7O2/c29-27-33-28(20-7-3-1-4-8-20,21-9-5-2-6-10-21)26(37)35(27)16-22-15-19(11-12-30-22)25(36)34-17-23-24(18-34)32-14-13-31-23/h1-15H,16-18H2,(H2,29,33). The molecule has 37 heavy (non-hydrogen) atoms. The maximum atomic E-state index is 14.0. The molecule has 9 heteroatoms. The molecule has 0 aliphatic carbocycles. The molecule has 0 fully saturated rings. The fourth-order valence-electron chi connectivity index (χ4n) is 4.90. The first-order valence-electron chi connectivity index (χ1n) is 11.9. The zero-order valence-corrected chi connectivity index (χ0v) is 19.9. The fraction of sp³-hybridized carbons (Fsp3) is 0.143. The van der Waals surface area contributed by atoms with Gasteiger partial charge in [0.1, 0.15) is 0 Å². The minimum absolute atomic E-state index is 0.0834. The largest absolute Gasteiger partial charge is 0.369 e. The highest BCUT2D eigenvalue weighted by atomic mass is 16.2. The van der Waals surface area contributed by atoms with E-state index in [9.17, 15) is 9.59 Å². The van der Waals surface area contributed by atoms with Crippen LogP contribution < -0.4 is 5.73 Å². The number of pyridine rings is 1. The van der Waals surface area contributed by atoms with E-state index >= 15 is 0 Å². The Morgan fingerprint density at radius 2 is 1.43 bits per heavy atom. The van der Waals surface area contributed by atoms with Gasteiger partial charge in [-0.25, -0.2) is 4.99 Å². The summed E-state index contributed by atoms with van der Waals surface area (Å²) >= 11 is 0. The first-order valence-corrected chi connectivity index (χ1v) is 11.9. The Balaban J connectivity index is 1.28. The van der Waals surface area contributed by atoms with E-state index in [2.05, 4.69) is 15.0 Å². The van der Waals surface area contributed by atoms with Gasteiger partial charge < -0.3 is 10.6 Å². The quantitative estimate of drug-likeness (QED) is 0.461. The molecule has 2 aromatic carbocycles. The lowest BCUT2D eigenvalue weighted by Crippen LogP contribution is -2.43. The van der Waals surface area contributed by atoms with Crippen LogP contribution in [0.4, 0.5) is 0 Å². The van der Waals surface area contributed by atoms with Gasteiger partial charge in [0.25, 0.3) is 11.8 Å². The first kappa shape index (κ1) is 22.5. The monoisotopic (exact) mass is 489 g/mol. The molecule has 0 saturated heterocycles. The molecule has 9 nitrogen and oxygen atoms in total. The number of fused-ring (bicyclic) bond motifs is 1. The number of hydrogen-bond donors (Lipinski definition) is 1. The van der Waals surface area contributed by atoms with Crippen molar-refractivity contribution in [3.05, 3.63) is 125 Å². The minimum Gasteiger partial charge on any atom is -0.369 e. The highest BCUT2D eigenvalue weighted by Crippen LogP contribution is 2.39. The second kappa shape index (κ2) is 8.94. The summed E-state index contributed by atoms with van der Waals surface area (Å²) < 4.78 is 0. The van der Waals surface area contributed by atoms with Gasteiger partial charge in [-0.3, -0.25) is 29.4 Å². The predicted octanol–water partition coefficient (Wildman–Crippen LogP) is 2.63. The molecule has 0 saturated carbocycles. The fourth-order valence-corrected chi connectivity index (χ4v) is 4.90. The van der Waals surface area contributed by atoms with Gasteiger partial charge in [-0.1, -0.05) is 60.7 Å². The molecule has 2 aliphatic rings. The van der Waals surface area contributed by atoms with Gasteiger partial charge in [-0.15, -0.1) is 0 Å². The van der Waals surface area contributed by atoms with E-state index in [1.807, 2.05) is 60.7 Å². The first-order chi connectivity index (χ1) is 18.1. The van der Waals surface area contributed by atoms with Crippen LogP contribution in [-0.2, 0) is 30.0 Å². The van der Waals surface area contributed by atoms with Gasteiger partial charge in [-0.05, 0) is 23.3 Å². The average Bonchev–Trinajstić information content (AvgIpc) is 3.49. The molecule has 2 aliphatic heterocycles. The normalized spacial score (nSPS) is 16.0. The van der Waals surface area contributed by atoms with Crippen molar-refractivity contribution >= 4 is 17.8 Å². The van der Waals surface area contributed by atoms with E-state index in [1.54, 1.807) is 35.6 Å². The third kappa shape index (κ3) is 3.81. The number of amides is 2. The second-order valence-electron chi connectivity index (χ2n) is 8.95. The van der Waals surface area contributed by atoms with Crippen LogP contribution in [0, 0.1) is 0 Å². The van der Waals surface area contributed by atoms with Crippen molar-refractivity contribution in [1.82, 2.24) is 24.8 Å². The molecule has 0 atom stereocenters. The molecule has 0 bridgehead atoms. The number of guanidine groups is 1. The molecule has 0 unspecified atom stereocenters. The van der Waals surface area contributed by atoms with Crippen molar-refractivity contribution in [2.24, 2.45) is 10.7 Å². The van der Waals surface area contributed by atoms with Gasteiger partial charge in [0.15, 0.2) is 11.5 Å². The van der Waals surface area contributed by atoms with E-state index in [4.69, 9.17) is 10.7 Å². The molecule has 0 radical (unpaired) electrons. The Labute approximate surface area is 213 Å². The second-order valence-corrected chi connectivity index (χ2v) is 8.95. The Morgan fingerprint density at radius 3 is 2.03 bits per heavy atom. The Bertz CT molecular complexity index is 1460. The number of nitrogens with two attached hydrogens (primary N) is 1. The van der Waals surface area contributed by atoms with Crippen molar-refractivity contribution < 1.29 is 9.59 Å². The number of aromatic nitrogens is 3. The lowest BCUT2D eigenvalue weighted by atomic mass is 9.83. The number of carbonyl (C=O) groups is 2. The van der Waals surface area contributed by atoms with Crippen LogP contribution >= 0.6 is 0 Å². The third-order valence-electron chi connectivity index (χ3n) is 6.71. The zero-order chi connectivity index (χ0) is 25.4. The van der Waals surface area contributed by atoms with Gasteiger partial charge in [0.2, 0.25) is 0 Å². The van der Waals surface area contributed by atoms with Crippen LogP contribution in [0.2, 0.25) is 0 Å². The van der Waals surface area contributed by atoms with Crippen molar-refractivity contribution in [3.8, 4) is 0 Å². The summed E-state index contributed by atoms with van der Waals surface area (Å²) in [5.41, 5.74) is 9.12. The SMILES string of the molecule is NC1=NC(c2ccccc2)(c2ccccc2)C(=O)N1Cc1cc(C(=O)N2Cc3nccnc3C2)ccn1. The highest BCUT2D eigenvalue weighted by Gasteiger charge is 2.50. The summed E-state index contributed by atoms with van der Waals surface area (Å²) in [6.45, 7) is 0.890. The van der Waals surface area contributed by atoms with Crippen molar-refractivity contribution in [1.29, 1.82) is 0 Å². The van der Waals surface area contributed by atoms with E-state index in [-0.39, 0.29) is 24.3 Å². The Kier molecular flexibility index (Phi) is 5.45. The minimum atomic E-state index is -1.29. The molecule has 6 rings (SSSR count).